The molecular weight excluding hydrogens is 368 g/mol. The van der Waals surface area contributed by atoms with Crippen molar-refractivity contribution in [2.24, 2.45) is 5.92 Å². The van der Waals surface area contributed by atoms with Gasteiger partial charge in [-0.05, 0) is 62.8 Å². The lowest BCUT2D eigenvalue weighted by Gasteiger charge is -2.30. The summed E-state index contributed by atoms with van der Waals surface area (Å²) in [7, 11) is -3.58. The number of piperidine rings is 1. The molecule has 2 unspecified atom stereocenters. The highest BCUT2D eigenvalue weighted by molar-refractivity contribution is 7.89. The van der Waals surface area contributed by atoms with Crippen molar-refractivity contribution in [3.8, 4) is 0 Å². The van der Waals surface area contributed by atoms with Crippen LogP contribution in [0.2, 0.25) is 0 Å². The first kappa shape index (κ1) is 19.8. The maximum absolute atomic E-state index is 12.8. The molecular formula is C19H26N2O5S. The summed E-state index contributed by atoms with van der Waals surface area (Å²) in [6.07, 6.45) is 3.46. The van der Waals surface area contributed by atoms with Gasteiger partial charge in [-0.2, -0.15) is 4.31 Å². The average Bonchev–Trinajstić information content (AvgIpc) is 3.46. The van der Waals surface area contributed by atoms with E-state index in [0.717, 1.165) is 25.7 Å². The molecule has 0 bridgehead atoms. The monoisotopic (exact) mass is 394 g/mol. The number of carbonyl (C=O) groups is 2. The quantitative estimate of drug-likeness (QED) is 0.798. The van der Waals surface area contributed by atoms with Crippen molar-refractivity contribution in [1.29, 1.82) is 0 Å². The number of carbonyl (C=O) groups excluding carboxylic acids is 1. The topological polar surface area (TPSA) is 95.0 Å². The van der Waals surface area contributed by atoms with Crippen molar-refractivity contribution >= 4 is 21.9 Å². The van der Waals surface area contributed by atoms with Crippen molar-refractivity contribution in [1.82, 2.24) is 9.21 Å². The molecule has 7 nitrogen and oxygen atoms in total. The molecule has 1 N–H and O–H groups in total. The minimum Gasteiger partial charge on any atom is -0.480 e. The zero-order valence-corrected chi connectivity index (χ0v) is 16.5. The second kappa shape index (κ2) is 7.59. The Kier molecular flexibility index (Phi) is 5.58. The molecule has 0 aromatic heterocycles. The molecule has 1 saturated carbocycles. The van der Waals surface area contributed by atoms with Crippen LogP contribution in [0.1, 0.15) is 49.9 Å². The number of hydrogen-bond donors (Lipinski definition) is 1. The van der Waals surface area contributed by atoms with Gasteiger partial charge in [0.25, 0.3) is 5.91 Å². The fraction of sp³-hybridized carbons (Fsp3) is 0.579. The van der Waals surface area contributed by atoms with Crippen LogP contribution in [0.25, 0.3) is 0 Å². The van der Waals surface area contributed by atoms with Gasteiger partial charge in [-0.15, -0.1) is 0 Å². The van der Waals surface area contributed by atoms with E-state index in [9.17, 15) is 23.1 Å². The number of sulfonamides is 1. The third-order valence-corrected chi connectivity index (χ3v) is 7.19. The molecule has 0 spiro atoms. The average molecular weight is 394 g/mol. The Hall–Kier alpha value is -1.93. The Labute approximate surface area is 160 Å². The summed E-state index contributed by atoms with van der Waals surface area (Å²) < 4.78 is 27.1. The summed E-state index contributed by atoms with van der Waals surface area (Å²) in [5.74, 6) is -1.09. The minimum absolute atomic E-state index is 0.0538. The van der Waals surface area contributed by atoms with Crippen LogP contribution >= 0.6 is 0 Å². The van der Waals surface area contributed by atoms with Crippen molar-refractivity contribution < 1.29 is 23.1 Å². The van der Waals surface area contributed by atoms with Crippen molar-refractivity contribution in [3.63, 3.8) is 0 Å². The van der Waals surface area contributed by atoms with Gasteiger partial charge < -0.3 is 10.0 Å². The van der Waals surface area contributed by atoms with E-state index in [1.54, 1.807) is 0 Å². The second-order valence-electron chi connectivity index (χ2n) is 7.59. The van der Waals surface area contributed by atoms with E-state index < -0.39 is 22.0 Å². The number of benzene rings is 1. The van der Waals surface area contributed by atoms with E-state index in [1.165, 1.54) is 40.4 Å². The first-order valence-electron chi connectivity index (χ1n) is 9.37. The number of hydrogen-bond acceptors (Lipinski definition) is 4. The van der Waals surface area contributed by atoms with Crippen LogP contribution in [-0.2, 0) is 14.8 Å². The molecule has 1 aliphatic heterocycles. The Morgan fingerprint density at radius 3 is 2.33 bits per heavy atom. The van der Waals surface area contributed by atoms with E-state index in [2.05, 4.69) is 0 Å². The van der Waals surface area contributed by atoms with Crippen LogP contribution in [0.4, 0.5) is 0 Å². The largest absolute Gasteiger partial charge is 0.480 e. The van der Waals surface area contributed by atoms with Gasteiger partial charge in [-0.3, -0.25) is 4.79 Å². The van der Waals surface area contributed by atoms with Crippen LogP contribution in [0.3, 0.4) is 0 Å². The molecule has 1 aromatic carbocycles. The highest BCUT2D eigenvalue weighted by Crippen LogP contribution is 2.31. The fourth-order valence-electron chi connectivity index (χ4n) is 3.56. The van der Waals surface area contributed by atoms with E-state index in [0.29, 0.717) is 24.6 Å². The summed E-state index contributed by atoms with van der Waals surface area (Å²) in [5.41, 5.74) is 0.306. The van der Waals surface area contributed by atoms with Crippen LogP contribution in [0, 0.1) is 5.92 Å². The number of carboxylic acids is 1. The predicted molar refractivity (Wildman–Crippen MR) is 99.9 cm³/mol. The predicted octanol–water partition coefficient (Wildman–Crippen LogP) is 2.18. The maximum atomic E-state index is 12.8. The van der Waals surface area contributed by atoms with Crippen LogP contribution in [-0.4, -0.2) is 59.8 Å². The van der Waals surface area contributed by atoms with E-state index >= 15 is 0 Å². The highest BCUT2D eigenvalue weighted by Gasteiger charge is 2.39. The van der Waals surface area contributed by atoms with Crippen LogP contribution in [0.15, 0.2) is 29.2 Å². The molecule has 2 atom stereocenters. The second-order valence-corrected chi connectivity index (χ2v) is 9.53. The summed E-state index contributed by atoms with van der Waals surface area (Å²) in [4.78, 5) is 25.6. The summed E-state index contributed by atoms with van der Waals surface area (Å²) in [6, 6.07) is 4.88. The molecule has 8 heteroatoms. The maximum Gasteiger partial charge on any atom is 0.326 e. The number of carboxylic acid groups (broad SMARTS) is 1. The molecule has 2 fully saturated rings. The molecule has 27 heavy (non-hydrogen) atoms. The Morgan fingerprint density at radius 1 is 1.19 bits per heavy atom. The molecule has 1 heterocycles. The number of nitrogens with zero attached hydrogens (tertiary/aromatic N) is 2. The van der Waals surface area contributed by atoms with Crippen LogP contribution < -0.4 is 0 Å². The van der Waals surface area contributed by atoms with Gasteiger partial charge in [0.15, 0.2) is 0 Å². The fourth-order valence-corrected chi connectivity index (χ4v) is 5.16. The third-order valence-electron chi connectivity index (χ3n) is 5.31. The van der Waals surface area contributed by atoms with E-state index in [4.69, 9.17) is 0 Å². The number of rotatable bonds is 6. The Balaban J connectivity index is 1.80. The van der Waals surface area contributed by atoms with Gasteiger partial charge in [0.05, 0.1) is 4.90 Å². The normalized spacial score (nSPS) is 22.2. The standard InChI is InChI=1S/C19H26N2O5S/c1-13-4-3-11-20(12-13)27(25,26)17-9-5-15(6-10-17)18(22)21(16-7-8-16)14(2)19(23)24/h5-6,9-10,13-14,16H,3-4,7-8,11-12H2,1-2H3,(H,23,24). The Morgan fingerprint density at radius 2 is 1.81 bits per heavy atom. The van der Waals surface area contributed by atoms with E-state index in [1.807, 2.05) is 6.92 Å². The highest BCUT2D eigenvalue weighted by atomic mass is 32.2. The zero-order chi connectivity index (χ0) is 19.8. The van der Waals surface area contributed by atoms with Crippen molar-refractivity contribution in [2.45, 2.75) is 56.5 Å². The van der Waals surface area contributed by atoms with Gasteiger partial charge in [0, 0.05) is 24.7 Å². The molecule has 148 valence electrons. The Bertz CT molecular complexity index is 817. The smallest absolute Gasteiger partial charge is 0.326 e. The SMILES string of the molecule is CC1CCCN(S(=O)(=O)c2ccc(C(=O)N(C3CC3)C(C)C(=O)O)cc2)C1. The first-order valence-corrected chi connectivity index (χ1v) is 10.8. The van der Waals surface area contributed by atoms with Gasteiger partial charge in [-0.1, -0.05) is 6.92 Å². The summed E-state index contributed by atoms with van der Waals surface area (Å²) >= 11 is 0. The van der Waals surface area contributed by atoms with Crippen molar-refractivity contribution in [3.05, 3.63) is 29.8 Å². The summed E-state index contributed by atoms with van der Waals surface area (Å²) in [5, 5.41) is 9.26. The summed E-state index contributed by atoms with van der Waals surface area (Å²) in [6.45, 7) is 4.56. The lowest BCUT2D eigenvalue weighted by atomic mass is 10.0. The zero-order valence-electron chi connectivity index (χ0n) is 15.7. The lowest BCUT2D eigenvalue weighted by Crippen LogP contribution is -2.44. The van der Waals surface area contributed by atoms with Crippen LogP contribution in [0.5, 0.6) is 0 Å². The third kappa shape index (κ3) is 4.16. The molecule has 1 aromatic rings. The first-order chi connectivity index (χ1) is 12.7. The lowest BCUT2D eigenvalue weighted by molar-refractivity contribution is -0.141. The molecule has 1 aliphatic carbocycles. The molecule has 1 amide bonds. The van der Waals surface area contributed by atoms with Gasteiger partial charge >= 0.3 is 5.97 Å². The number of aliphatic carboxylic acids is 1. The van der Waals surface area contributed by atoms with Crippen molar-refractivity contribution in [2.75, 3.05) is 13.1 Å². The molecule has 1 saturated heterocycles. The van der Waals surface area contributed by atoms with Gasteiger partial charge in [0.2, 0.25) is 10.0 Å². The van der Waals surface area contributed by atoms with Gasteiger partial charge in [0.1, 0.15) is 6.04 Å². The number of amides is 1. The van der Waals surface area contributed by atoms with Gasteiger partial charge in [-0.25, -0.2) is 13.2 Å². The van der Waals surface area contributed by atoms with E-state index in [-0.39, 0.29) is 16.8 Å². The minimum atomic E-state index is -3.58. The molecule has 0 radical (unpaired) electrons. The molecule has 3 rings (SSSR count). The molecule has 2 aliphatic rings.